The van der Waals surface area contributed by atoms with Gasteiger partial charge in [0.05, 0.1) is 4.90 Å². The van der Waals surface area contributed by atoms with Gasteiger partial charge in [-0.3, -0.25) is 4.79 Å². The van der Waals surface area contributed by atoms with Crippen LogP contribution in [0.1, 0.15) is 21.7 Å². The van der Waals surface area contributed by atoms with Gasteiger partial charge in [0.25, 0.3) is 10.0 Å². The molecular formula is C24H20N4O5S. The van der Waals surface area contributed by atoms with Crippen molar-refractivity contribution in [2.24, 2.45) is 0 Å². The van der Waals surface area contributed by atoms with Crippen LogP contribution >= 0.6 is 0 Å². The number of rotatable bonds is 7. The minimum Gasteiger partial charge on any atom is -0.422 e. The monoisotopic (exact) mass is 476 g/mol. The molecule has 0 saturated heterocycles. The Hall–Kier alpha value is -4.31. The largest absolute Gasteiger partial charge is 0.422 e. The standard InChI is InChI=1S/C24H20N4O5S/c1-15-13-16(2)27-24(26-15)28-34(31,32)19-9-7-18(8-10-19)25-12-11-21(29)20-14-17-5-3-4-6-22(17)33-23(20)30/h3-14,25H,1-2H3,(H,26,27,28)/b12-11-. The number of benzene rings is 2. The Labute approximate surface area is 195 Å². The number of aromatic nitrogens is 2. The number of nitrogens with one attached hydrogen (secondary N) is 2. The molecule has 4 aromatic rings. The van der Waals surface area contributed by atoms with Gasteiger partial charge in [0.15, 0.2) is 5.78 Å². The number of para-hydroxylation sites is 1. The number of carbonyl (C=O) groups is 1. The molecule has 10 heteroatoms. The van der Waals surface area contributed by atoms with Crippen LogP contribution in [0.25, 0.3) is 11.0 Å². The Bertz CT molecular complexity index is 1560. The van der Waals surface area contributed by atoms with Gasteiger partial charge in [-0.15, -0.1) is 0 Å². The van der Waals surface area contributed by atoms with Crippen LogP contribution in [0.4, 0.5) is 11.6 Å². The zero-order valence-electron chi connectivity index (χ0n) is 18.3. The molecule has 0 aliphatic carbocycles. The maximum atomic E-state index is 12.6. The van der Waals surface area contributed by atoms with Gasteiger partial charge in [-0.1, -0.05) is 18.2 Å². The molecule has 0 radical (unpaired) electrons. The summed E-state index contributed by atoms with van der Waals surface area (Å²) < 4.78 is 32.8. The van der Waals surface area contributed by atoms with Crippen molar-refractivity contribution in [3.05, 3.63) is 100 Å². The summed E-state index contributed by atoms with van der Waals surface area (Å²) >= 11 is 0. The van der Waals surface area contributed by atoms with Crippen molar-refractivity contribution in [2.75, 3.05) is 10.0 Å². The van der Waals surface area contributed by atoms with E-state index in [1.165, 1.54) is 42.6 Å². The topological polar surface area (TPSA) is 131 Å². The third-order valence-electron chi connectivity index (χ3n) is 4.76. The molecule has 2 heterocycles. The Morgan fingerprint density at radius 3 is 2.35 bits per heavy atom. The summed E-state index contributed by atoms with van der Waals surface area (Å²) in [6.45, 7) is 3.50. The lowest BCUT2D eigenvalue weighted by Gasteiger charge is -2.08. The van der Waals surface area contributed by atoms with Crippen LogP contribution in [0.2, 0.25) is 0 Å². The van der Waals surface area contributed by atoms with Gasteiger partial charge in [-0.2, -0.15) is 0 Å². The number of anilines is 2. The fourth-order valence-electron chi connectivity index (χ4n) is 3.22. The van der Waals surface area contributed by atoms with Crippen molar-refractivity contribution in [3.63, 3.8) is 0 Å². The van der Waals surface area contributed by atoms with E-state index in [0.29, 0.717) is 28.0 Å². The first-order valence-corrected chi connectivity index (χ1v) is 11.6. The smallest absolute Gasteiger partial charge is 0.347 e. The van der Waals surface area contributed by atoms with Gasteiger partial charge in [0.2, 0.25) is 5.95 Å². The van der Waals surface area contributed by atoms with E-state index in [9.17, 15) is 18.0 Å². The third kappa shape index (κ3) is 5.18. The lowest BCUT2D eigenvalue weighted by Crippen LogP contribution is -2.15. The molecule has 2 aromatic heterocycles. The van der Waals surface area contributed by atoms with Gasteiger partial charge in [0.1, 0.15) is 11.1 Å². The summed E-state index contributed by atoms with van der Waals surface area (Å²) in [7, 11) is -3.88. The first-order valence-electron chi connectivity index (χ1n) is 10.2. The Balaban J connectivity index is 1.44. The second-order valence-electron chi connectivity index (χ2n) is 7.43. The summed E-state index contributed by atoms with van der Waals surface area (Å²) in [5.74, 6) is -0.525. The van der Waals surface area contributed by atoms with Crippen molar-refractivity contribution in [2.45, 2.75) is 18.7 Å². The number of hydrogen-bond acceptors (Lipinski definition) is 8. The van der Waals surface area contributed by atoms with Crippen molar-refractivity contribution in [3.8, 4) is 0 Å². The van der Waals surface area contributed by atoms with Gasteiger partial charge in [-0.25, -0.2) is 27.9 Å². The minimum atomic E-state index is -3.88. The van der Waals surface area contributed by atoms with Crippen molar-refractivity contribution in [1.82, 2.24) is 9.97 Å². The molecule has 0 aliphatic rings. The molecular weight excluding hydrogens is 456 g/mol. The number of fused-ring (bicyclic) bond motifs is 1. The lowest BCUT2D eigenvalue weighted by atomic mass is 10.1. The summed E-state index contributed by atoms with van der Waals surface area (Å²) in [5.41, 5.74) is 1.43. The van der Waals surface area contributed by atoms with E-state index >= 15 is 0 Å². The van der Waals surface area contributed by atoms with E-state index in [-0.39, 0.29) is 16.4 Å². The Morgan fingerprint density at radius 2 is 1.65 bits per heavy atom. The van der Waals surface area contributed by atoms with Crippen molar-refractivity contribution in [1.29, 1.82) is 0 Å². The zero-order valence-corrected chi connectivity index (χ0v) is 19.1. The fraction of sp³-hybridized carbons (Fsp3) is 0.0833. The van der Waals surface area contributed by atoms with Gasteiger partial charge >= 0.3 is 5.63 Å². The number of allylic oxidation sites excluding steroid dienone is 1. The van der Waals surface area contributed by atoms with Gasteiger partial charge in [0, 0.05) is 34.7 Å². The Kier molecular flexibility index (Phi) is 6.24. The molecule has 0 aliphatic heterocycles. The molecule has 0 bridgehead atoms. The maximum absolute atomic E-state index is 12.6. The number of ketones is 1. The van der Waals surface area contributed by atoms with Gasteiger partial charge < -0.3 is 9.73 Å². The van der Waals surface area contributed by atoms with E-state index in [2.05, 4.69) is 20.0 Å². The molecule has 172 valence electrons. The van der Waals surface area contributed by atoms with Crippen LogP contribution in [-0.2, 0) is 10.0 Å². The molecule has 0 saturated carbocycles. The summed E-state index contributed by atoms with van der Waals surface area (Å²) in [6, 6.07) is 16.0. The predicted octanol–water partition coefficient (Wildman–Crippen LogP) is 3.81. The molecule has 0 atom stereocenters. The molecule has 0 unspecified atom stereocenters. The Morgan fingerprint density at radius 1 is 0.971 bits per heavy atom. The van der Waals surface area contributed by atoms with Crippen LogP contribution in [0.5, 0.6) is 0 Å². The molecule has 2 N–H and O–H groups in total. The average molecular weight is 477 g/mol. The minimum absolute atomic E-state index is 0.000634. The quantitative estimate of drug-likeness (QED) is 0.234. The van der Waals surface area contributed by atoms with E-state index in [1.807, 2.05) is 0 Å². The highest BCUT2D eigenvalue weighted by Crippen LogP contribution is 2.17. The first kappa shape index (κ1) is 22.9. The van der Waals surface area contributed by atoms with Crippen molar-refractivity contribution >= 4 is 38.4 Å². The summed E-state index contributed by atoms with van der Waals surface area (Å²) in [4.78, 5) is 32.7. The van der Waals surface area contributed by atoms with E-state index in [0.717, 1.165) is 0 Å². The van der Waals surface area contributed by atoms with E-state index < -0.39 is 21.4 Å². The van der Waals surface area contributed by atoms with E-state index in [1.54, 1.807) is 44.2 Å². The van der Waals surface area contributed by atoms with Crippen molar-refractivity contribution < 1.29 is 17.6 Å². The SMILES string of the molecule is Cc1cc(C)nc(NS(=O)(=O)c2ccc(N/C=C\C(=O)c3cc4ccccc4oc3=O)cc2)n1. The number of sulfonamides is 1. The molecule has 4 rings (SSSR count). The molecule has 9 nitrogen and oxygen atoms in total. The molecule has 34 heavy (non-hydrogen) atoms. The molecule has 0 fully saturated rings. The summed E-state index contributed by atoms with van der Waals surface area (Å²) in [5, 5.41) is 3.51. The van der Waals surface area contributed by atoms with Gasteiger partial charge in [-0.05, 0) is 56.3 Å². The zero-order chi connectivity index (χ0) is 24.3. The van der Waals surface area contributed by atoms with Crippen LogP contribution in [-0.4, -0.2) is 24.2 Å². The average Bonchev–Trinajstić information content (AvgIpc) is 2.78. The number of carbonyl (C=O) groups excluding carboxylic acids is 1. The third-order valence-corrected chi connectivity index (χ3v) is 6.11. The highest BCUT2D eigenvalue weighted by atomic mass is 32.2. The lowest BCUT2D eigenvalue weighted by molar-refractivity contribution is 0.104. The summed E-state index contributed by atoms with van der Waals surface area (Å²) in [6.07, 6.45) is 2.56. The highest BCUT2D eigenvalue weighted by molar-refractivity contribution is 7.92. The second-order valence-corrected chi connectivity index (χ2v) is 9.11. The number of hydrogen-bond donors (Lipinski definition) is 2. The first-order chi connectivity index (χ1) is 16.2. The molecule has 2 aromatic carbocycles. The number of aryl methyl sites for hydroxylation is 2. The highest BCUT2D eigenvalue weighted by Gasteiger charge is 2.16. The van der Waals surface area contributed by atoms with Crippen LogP contribution < -0.4 is 15.7 Å². The number of nitrogens with zero attached hydrogens (tertiary/aromatic N) is 2. The van der Waals surface area contributed by atoms with Crippen LogP contribution in [0.15, 0.2) is 87.0 Å². The molecule has 0 amide bonds. The molecule has 0 spiro atoms. The maximum Gasteiger partial charge on any atom is 0.347 e. The van der Waals surface area contributed by atoms with E-state index in [4.69, 9.17) is 4.42 Å². The fourth-order valence-corrected chi connectivity index (χ4v) is 4.16. The second kappa shape index (κ2) is 9.28. The van der Waals surface area contributed by atoms with Crippen LogP contribution in [0, 0.1) is 13.8 Å². The predicted molar refractivity (Wildman–Crippen MR) is 128 cm³/mol. The normalized spacial score (nSPS) is 11.6. The van der Waals surface area contributed by atoms with Crippen LogP contribution in [0.3, 0.4) is 0 Å².